The first-order valence-corrected chi connectivity index (χ1v) is 9.61. The van der Waals surface area contributed by atoms with Crippen LogP contribution in [0, 0.1) is 23.0 Å². The lowest BCUT2D eigenvalue weighted by Gasteiger charge is -2.19. The summed E-state index contributed by atoms with van der Waals surface area (Å²) in [6, 6.07) is 5.44. The van der Waals surface area contributed by atoms with Crippen molar-refractivity contribution in [1.82, 2.24) is 15.0 Å². The predicted octanol–water partition coefficient (Wildman–Crippen LogP) is 3.65. The van der Waals surface area contributed by atoms with Gasteiger partial charge in [-0.3, -0.25) is 9.80 Å². The lowest BCUT2D eigenvalue weighted by Crippen LogP contribution is -2.20. The summed E-state index contributed by atoms with van der Waals surface area (Å²) in [6.45, 7) is 4.37. The minimum Gasteiger partial charge on any atom is -0.358 e. The fourth-order valence-corrected chi connectivity index (χ4v) is 2.92. The second-order valence-corrected chi connectivity index (χ2v) is 7.00. The van der Waals surface area contributed by atoms with Crippen LogP contribution in [0.4, 0.5) is 14.6 Å². The second-order valence-electron chi connectivity index (χ2n) is 7.00. The Hall–Kier alpha value is -3.67. The molecule has 0 saturated heterocycles. The fourth-order valence-electron chi connectivity index (χ4n) is 2.92. The molecule has 0 fully saturated rings. The smallest absolute Gasteiger partial charge is 0.158 e. The van der Waals surface area contributed by atoms with E-state index in [1.807, 2.05) is 18.0 Å². The van der Waals surface area contributed by atoms with Gasteiger partial charge < -0.3 is 4.90 Å². The van der Waals surface area contributed by atoms with Crippen molar-refractivity contribution in [1.29, 1.82) is 5.26 Å². The zero-order valence-electron chi connectivity index (χ0n) is 17.5. The number of carbonyl (C=O) groups excluding carboxylic acids is 1. The number of halogens is 2. The van der Waals surface area contributed by atoms with Gasteiger partial charge in [0.25, 0.3) is 0 Å². The Morgan fingerprint density at radius 1 is 1.32 bits per heavy atom. The highest BCUT2D eigenvalue weighted by molar-refractivity contribution is 5.71. The van der Waals surface area contributed by atoms with Crippen LogP contribution < -0.4 is 4.90 Å². The van der Waals surface area contributed by atoms with Gasteiger partial charge in [-0.15, -0.1) is 0 Å². The summed E-state index contributed by atoms with van der Waals surface area (Å²) in [6.07, 6.45) is 7.73. The van der Waals surface area contributed by atoms with E-state index in [-0.39, 0.29) is 6.04 Å². The summed E-state index contributed by atoms with van der Waals surface area (Å²) in [4.78, 5) is 20.3. The Kier molecular flexibility index (Phi) is 8.76. The van der Waals surface area contributed by atoms with Crippen molar-refractivity contribution in [3.05, 3.63) is 65.6 Å². The lowest BCUT2D eigenvalue weighted by molar-refractivity contribution is -0.105. The Labute approximate surface area is 180 Å². The average molecular weight is 426 g/mol. The average Bonchev–Trinajstić information content (AvgIpc) is 3.19. The molecule has 2 aromatic rings. The third-order valence-electron chi connectivity index (χ3n) is 4.62. The molecule has 0 saturated carbocycles. The second kappa shape index (κ2) is 11.5. The van der Waals surface area contributed by atoms with E-state index in [9.17, 15) is 13.6 Å². The maximum atomic E-state index is 12.9. The van der Waals surface area contributed by atoms with Gasteiger partial charge in [0, 0.05) is 39.3 Å². The Bertz CT molecular complexity index is 951. The molecule has 0 radical (unpaired) electrons. The molecule has 0 bridgehead atoms. The van der Waals surface area contributed by atoms with E-state index in [2.05, 4.69) is 21.6 Å². The molecule has 9 heteroatoms. The maximum Gasteiger partial charge on any atom is 0.158 e. The van der Waals surface area contributed by atoms with Crippen LogP contribution in [0.15, 0.2) is 47.8 Å². The number of anilines is 1. The number of carbonyl (C=O) groups is 1. The number of rotatable bonds is 7. The van der Waals surface area contributed by atoms with Gasteiger partial charge in [0.2, 0.25) is 0 Å². The molecule has 1 unspecified atom stereocenters. The summed E-state index contributed by atoms with van der Waals surface area (Å²) in [7, 11) is 3.68. The topological polar surface area (TPSA) is 85.5 Å². The molecule has 0 spiro atoms. The lowest BCUT2D eigenvalue weighted by atomic mass is 10.0. The number of allylic oxidation sites excluding steroid dienone is 1. The van der Waals surface area contributed by atoms with Crippen LogP contribution in [0.5, 0.6) is 0 Å². The van der Waals surface area contributed by atoms with Gasteiger partial charge in [-0.1, -0.05) is 6.58 Å². The van der Waals surface area contributed by atoms with Crippen LogP contribution in [-0.2, 0) is 4.79 Å². The molecular formula is C22H24F2N6O. The predicted molar refractivity (Wildman–Crippen MR) is 114 cm³/mol. The third-order valence-corrected chi connectivity index (χ3v) is 4.62. The van der Waals surface area contributed by atoms with Crippen LogP contribution in [0.25, 0.3) is 0 Å². The van der Waals surface area contributed by atoms with Gasteiger partial charge in [0.15, 0.2) is 5.69 Å². The largest absolute Gasteiger partial charge is 0.358 e. The Morgan fingerprint density at radius 2 is 2.03 bits per heavy atom. The number of hydrogen-bond donors (Lipinski definition) is 0. The van der Waals surface area contributed by atoms with Crippen LogP contribution >= 0.6 is 0 Å². The van der Waals surface area contributed by atoms with Crippen molar-refractivity contribution in [2.24, 2.45) is 5.10 Å². The highest BCUT2D eigenvalue weighted by Gasteiger charge is 2.20. The van der Waals surface area contributed by atoms with Gasteiger partial charge in [0.05, 0.1) is 18.4 Å². The molecule has 162 valence electrons. The molecule has 1 aromatic heterocycles. The Balaban J connectivity index is 0.000000224. The third kappa shape index (κ3) is 7.26. The number of aromatic nitrogens is 2. The first-order chi connectivity index (χ1) is 14.8. The van der Waals surface area contributed by atoms with E-state index >= 15 is 0 Å². The molecule has 0 aliphatic carbocycles. The summed E-state index contributed by atoms with van der Waals surface area (Å²) in [5.41, 5.74) is 1.53. The van der Waals surface area contributed by atoms with Gasteiger partial charge in [-0.25, -0.2) is 18.7 Å². The van der Waals surface area contributed by atoms with Gasteiger partial charge in [0.1, 0.15) is 29.8 Å². The van der Waals surface area contributed by atoms with Gasteiger partial charge >= 0.3 is 0 Å². The van der Waals surface area contributed by atoms with Crippen molar-refractivity contribution in [2.75, 3.05) is 25.5 Å². The van der Waals surface area contributed by atoms with Crippen LogP contribution in [0.3, 0.4) is 0 Å². The van der Waals surface area contributed by atoms with E-state index in [0.29, 0.717) is 35.5 Å². The number of nitrogens with zero attached hydrogens (tertiary/aromatic N) is 6. The highest BCUT2D eigenvalue weighted by atomic mass is 19.1. The van der Waals surface area contributed by atoms with Crippen LogP contribution in [0.1, 0.15) is 36.6 Å². The molecule has 3 rings (SSSR count). The normalized spacial score (nSPS) is 14.4. The molecular weight excluding hydrogens is 402 g/mol. The molecule has 0 amide bonds. The zero-order valence-corrected chi connectivity index (χ0v) is 17.5. The van der Waals surface area contributed by atoms with E-state index in [0.717, 1.165) is 25.3 Å². The molecule has 0 N–H and O–H groups in total. The molecule has 7 nitrogen and oxygen atoms in total. The minimum absolute atomic E-state index is 0.0415. The van der Waals surface area contributed by atoms with E-state index in [1.54, 1.807) is 24.5 Å². The van der Waals surface area contributed by atoms with Crippen molar-refractivity contribution >= 4 is 18.3 Å². The summed E-state index contributed by atoms with van der Waals surface area (Å²) in [5, 5.41) is 14.3. The maximum absolute atomic E-state index is 12.9. The summed E-state index contributed by atoms with van der Waals surface area (Å²) < 4.78 is 25.8. The molecule has 1 aliphatic heterocycles. The monoisotopic (exact) mass is 426 g/mol. The Morgan fingerprint density at radius 3 is 2.55 bits per heavy atom. The fraction of sp³-hybridized carbons (Fsp3) is 0.318. The summed E-state index contributed by atoms with van der Waals surface area (Å²) >= 11 is 0. The van der Waals surface area contributed by atoms with Gasteiger partial charge in [-0.2, -0.15) is 10.4 Å². The van der Waals surface area contributed by atoms with E-state index < -0.39 is 11.6 Å². The molecule has 2 heterocycles. The standard InChI is InChI=1S/C12H14N4O.C10H10F2N2/c1-10(9-17)4-3-5-16(2)12-8-14-11(6-13)7-15-12;1-14-10(2-3-13-14)7-4-8(11)6-9(12)5-7/h7-9H,1,3-5H2,2H3;3-6,10H,2H2,1H3. The quantitative estimate of drug-likeness (QED) is 0.496. The van der Waals surface area contributed by atoms with E-state index in [4.69, 9.17) is 5.26 Å². The van der Waals surface area contributed by atoms with Crippen molar-refractivity contribution in [2.45, 2.75) is 25.3 Å². The first kappa shape index (κ1) is 23.6. The van der Waals surface area contributed by atoms with Crippen LogP contribution in [-0.4, -0.2) is 48.1 Å². The van der Waals surface area contributed by atoms with Crippen molar-refractivity contribution in [3.8, 4) is 6.07 Å². The number of hydrogen-bond acceptors (Lipinski definition) is 7. The number of benzene rings is 1. The molecule has 1 aliphatic rings. The van der Waals surface area contributed by atoms with E-state index in [1.165, 1.54) is 18.3 Å². The molecule has 31 heavy (non-hydrogen) atoms. The SMILES string of the molecule is C=C(C=O)CCCN(C)c1cnc(C#N)cn1.CN1N=CCC1c1cc(F)cc(F)c1. The minimum atomic E-state index is -0.541. The first-order valence-electron chi connectivity index (χ1n) is 9.61. The van der Waals surface area contributed by atoms with Crippen LogP contribution in [0.2, 0.25) is 0 Å². The highest BCUT2D eigenvalue weighted by Crippen LogP contribution is 2.27. The number of hydrazone groups is 1. The van der Waals surface area contributed by atoms with Gasteiger partial charge in [-0.05, 0) is 36.1 Å². The molecule has 1 aromatic carbocycles. The van der Waals surface area contributed by atoms with Crippen molar-refractivity contribution < 1.29 is 13.6 Å². The zero-order chi connectivity index (χ0) is 22.8. The van der Waals surface area contributed by atoms with Crippen molar-refractivity contribution in [3.63, 3.8) is 0 Å². The number of nitriles is 1. The number of aldehydes is 1. The molecule has 1 atom stereocenters. The summed E-state index contributed by atoms with van der Waals surface area (Å²) in [5.74, 6) is -0.374.